The second-order valence-electron chi connectivity index (χ2n) is 4.14. The molecule has 0 saturated heterocycles. The lowest BCUT2D eigenvalue weighted by molar-refractivity contribution is 0.522. The number of hydrogen-bond donors (Lipinski definition) is 1. The zero-order valence-electron chi connectivity index (χ0n) is 11.0. The summed E-state index contributed by atoms with van der Waals surface area (Å²) in [6.07, 6.45) is 4.55. The third-order valence-electron chi connectivity index (χ3n) is 2.87. The lowest BCUT2D eigenvalue weighted by Gasteiger charge is -2.06. The van der Waals surface area contributed by atoms with Gasteiger partial charge in [0.25, 0.3) is 0 Å². The van der Waals surface area contributed by atoms with E-state index in [0.29, 0.717) is 0 Å². The van der Waals surface area contributed by atoms with Crippen molar-refractivity contribution in [3.05, 3.63) is 29.8 Å². The third-order valence-corrected chi connectivity index (χ3v) is 2.87. The number of nitrogens with zero attached hydrogens (tertiary/aromatic N) is 5. The standard InChI is InChI=1S/C12H20N6/c1-3-11-9-12(18(4-2)15-11)10-13-5-7-17-8-6-14-16-17/h6,8-9,13H,3-5,7,10H2,1-2H3. The molecular formula is C12H20N6. The van der Waals surface area contributed by atoms with Crippen molar-refractivity contribution in [2.45, 2.75) is 39.9 Å². The van der Waals surface area contributed by atoms with Crippen LogP contribution in [0, 0.1) is 0 Å². The molecule has 0 spiro atoms. The topological polar surface area (TPSA) is 60.6 Å². The molecule has 0 unspecified atom stereocenters. The molecule has 2 rings (SSSR count). The van der Waals surface area contributed by atoms with Gasteiger partial charge in [-0.05, 0) is 19.4 Å². The highest BCUT2D eigenvalue weighted by molar-refractivity contribution is 5.10. The molecule has 2 aromatic rings. The summed E-state index contributed by atoms with van der Waals surface area (Å²) in [5.41, 5.74) is 2.40. The van der Waals surface area contributed by atoms with E-state index < -0.39 is 0 Å². The largest absolute Gasteiger partial charge is 0.309 e. The average Bonchev–Trinajstić information content (AvgIpc) is 3.03. The van der Waals surface area contributed by atoms with Gasteiger partial charge in [0, 0.05) is 25.8 Å². The minimum Gasteiger partial charge on any atom is -0.309 e. The van der Waals surface area contributed by atoms with Crippen LogP contribution in [0.15, 0.2) is 18.5 Å². The van der Waals surface area contributed by atoms with Crippen molar-refractivity contribution in [2.75, 3.05) is 6.54 Å². The van der Waals surface area contributed by atoms with Crippen molar-refractivity contribution in [1.29, 1.82) is 0 Å². The minimum atomic E-state index is 0.834. The smallest absolute Gasteiger partial charge is 0.0692 e. The minimum absolute atomic E-state index is 0.834. The molecule has 0 saturated carbocycles. The average molecular weight is 248 g/mol. The first-order chi connectivity index (χ1) is 8.83. The predicted octanol–water partition coefficient (Wildman–Crippen LogP) is 0.847. The fourth-order valence-electron chi connectivity index (χ4n) is 1.87. The fraction of sp³-hybridized carbons (Fsp3) is 0.583. The Morgan fingerprint density at radius 3 is 2.89 bits per heavy atom. The molecule has 6 nitrogen and oxygen atoms in total. The summed E-state index contributed by atoms with van der Waals surface area (Å²) in [4.78, 5) is 0. The van der Waals surface area contributed by atoms with Crippen molar-refractivity contribution in [3.8, 4) is 0 Å². The number of aromatic nitrogens is 5. The highest BCUT2D eigenvalue weighted by atomic mass is 15.4. The van der Waals surface area contributed by atoms with Gasteiger partial charge < -0.3 is 5.32 Å². The second-order valence-corrected chi connectivity index (χ2v) is 4.14. The third kappa shape index (κ3) is 3.16. The van der Waals surface area contributed by atoms with E-state index in [-0.39, 0.29) is 0 Å². The Bertz CT molecular complexity index is 459. The Balaban J connectivity index is 1.80. The second kappa shape index (κ2) is 6.30. The van der Waals surface area contributed by atoms with E-state index >= 15 is 0 Å². The van der Waals surface area contributed by atoms with Gasteiger partial charge in [0.1, 0.15) is 0 Å². The van der Waals surface area contributed by atoms with Crippen molar-refractivity contribution in [1.82, 2.24) is 30.1 Å². The first-order valence-corrected chi connectivity index (χ1v) is 6.44. The molecule has 0 aliphatic heterocycles. The predicted molar refractivity (Wildman–Crippen MR) is 69.0 cm³/mol. The maximum Gasteiger partial charge on any atom is 0.0692 e. The first kappa shape index (κ1) is 12.8. The van der Waals surface area contributed by atoms with Crippen molar-refractivity contribution >= 4 is 0 Å². The molecule has 0 fully saturated rings. The molecule has 98 valence electrons. The molecule has 2 aromatic heterocycles. The number of hydrogen-bond acceptors (Lipinski definition) is 4. The Kier molecular flexibility index (Phi) is 4.46. The van der Waals surface area contributed by atoms with Gasteiger partial charge in [-0.25, -0.2) is 0 Å². The number of nitrogens with one attached hydrogen (secondary N) is 1. The van der Waals surface area contributed by atoms with Gasteiger partial charge in [-0.15, -0.1) is 5.10 Å². The van der Waals surface area contributed by atoms with Crippen LogP contribution >= 0.6 is 0 Å². The van der Waals surface area contributed by atoms with E-state index in [4.69, 9.17) is 0 Å². The lowest BCUT2D eigenvalue weighted by atomic mass is 10.3. The van der Waals surface area contributed by atoms with Crippen LogP contribution < -0.4 is 5.32 Å². The van der Waals surface area contributed by atoms with Gasteiger partial charge in [0.15, 0.2) is 0 Å². The Morgan fingerprint density at radius 1 is 1.33 bits per heavy atom. The van der Waals surface area contributed by atoms with Gasteiger partial charge in [0.05, 0.1) is 24.1 Å². The van der Waals surface area contributed by atoms with Crippen molar-refractivity contribution in [3.63, 3.8) is 0 Å². The molecule has 0 amide bonds. The Hall–Kier alpha value is -1.69. The summed E-state index contributed by atoms with van der Waals surface area (Å²) < 4.78 is 3.88. The van der Waals surface area contributed by atoms with Crippen molar-refractivity contribution < 1.29 is 0 Å². The van der Waals surface area contributed by atoms with Gasteiger partial charge in [-0.2, -0.15) is 5.10 Å². The fourth-order valence-corrected chi connectivity index (χ4v) is 1.87. The van der Waals surface area contributed by atoms with Gasteiger partial charge in [0.2, 0.25) is 0 Å². The van der Waals surface area contributed by atoms with E-state index in [1.807, 2.05) is 10.9 Å². The van der Waals surface area contributed by atoms with Crippen molar-refractivity contribution in [2.24, 2.45) is 0 Å². The number of rotatable bonds is 7. The van der Waals surface area contributed by atoms with E-state index in [0.717, 1.165) is 38.3 Å². The van der Waals surface area contributed by atoms with Crippen LogP contribution in [0.3, 0.4) is 0 Å². The number of aryl methyl sites for hydroxylation is 2. The first-order valence-electron chi connectivity index (χ1n) is 6.44. The monoisotopic (exact) mass is 248 g/mol. The van der Waals surface area contributed by atoms with Gasteiger partial charge in [-0.1, -0.05) is 12.1 Å². The van der Waals surface area contributed by atoms with Crippen LogP contribution in [-0.4, -0.2) is 31.3 Å². The molecule has 0 aromatic carbocycles. The summed E-state index contributed by atoms with van der Waals surface area (Å²) in [5.74, 6) is 0. The Labute approximate surface area is 107 Å². The van der Waals surface area contributed by atoms with E-state index in [2.05, 4.69) is 45.3 Å². The molecule has 0 aliphatic carbocycles. The lowest BCUT2D eigenvalue weighted by Crippen LogP contribution is -2.21. The molecule has 0 aliphatic rings. The van der Waals surface area contributed by atoms with Gasteiger partial charge in [-0.3, -0.25) is 9.36 Å². The maximum atomic E-state index is 4.52. The molecular weight excluding hydrogens is 228 g/mol. The molecule has 0 radical (unpaired) electrons. The van der Waals surface area contributed by atoms with Crippen LogP contribution in [0.2, 0.25) is 0 Å². The van der Waals surface area contributed by atoms with E-state index in [1.165, 1.54) is 5.69 Å². The SMILES string of the molecule is CCc1cc(CNCCn2ccnn2)n(CC)n1. The summed E-state index contributed by atoms with van der Waals surface area (Å²) >= 11 is 0. The van der Waals surface area contributed by atoms with Crippen LogP contribution in [0.1, 0.15) is 25.2 Å². The highest BCUT2D eigenvalue weighted by Crippen LogP contribution is 2.05. The summed E-state index contributed by atoms with van der Waals surface area (Å²) in [6.45, 7) is 7.71. The molecule has 0 atom stereocenters. The Morgan fingerprint density at radius 2 is 2.22 bits per heavy atom. The maximum absolute atomic E-state index is 4.52. The van der Waals surface area contributed by atoms with Crippen LogP contribution in [0.5, 0.6) is 0 Å². The molecule has 6 heteroatoms. The molecule has 2 heterocycles. The zero-order chi connectivity index (χ0) is 12.8. The summed E-state index contributed by atoms with van der Waals surface area (Å²) in [7, 11) is 0. The molecule has 18 heavy (non-hydrogen) atoms. The normalized spacial score (nSPS) is 11.0. The highest BCUT2D eigenvalue weighted by Gasteiger charge is 2.04. The van der Waals surface area contributed by atoms with E-state index in [1.54, 1.807) is 6.20 Å². The van der Waals surface area contributed by atoms with E-state index in [9.17, 15) is 0 Å². The van der Waals surface area contributed by atoms with Gasteiger partial charge >= 0.3 is 0 Å². The van der Waals surface area contributed by atoms with Crippen LogP contribution in [0.25, 0.3) is 0 Å². The summed E-state index contributed by atoms with van der Waals surface area (Å²) in [5, 5.41) is 15.6. The van der Waals surface area contributed by atoms with Crippen LogP contribution in [-0.2, 0) is 26.1 Å². The summed E-state index contributed by atoms with van der Waals surface area (Å²) in [6, 6.07) is 2.17. The quantitative estimate of drug-likeness (QED) is 0.738. The zero-order valence-corrected chi connectivity index (χ0v) is 11.0. The molecule has 0 bridgehead atoms. The molecule has 1 N–H and O–H groups in total. The van der Waals surface area contributed by atoms with Crippen LogP contribution in [0.4, 0.5) is 0 Å².